The quantitative estimate of drug-likeness (QED) is 0.718. The molecule has 3 atom stereocenters. The Morgan fingerprint density at radius 2 is 2.00 bits per heavy atom. The molecule has 1 aliphatic carbocycles. The van der Waals surface area contributed by atoms with E-state index in [1.54, 1.807) is 14.0 Å². The molecule has 7 heteroatoms. The van der Waals surface area contributed by atoms with Crippen molar-refractivity contribution in [1.29, 1.82) is 0 Å². The molecule has 1 fully saturated rings. The number of rotatable bonds is 7. The van der Waals surface area contributed by atoms with Crippen LogP contribution in [0.2, 0.25) is 0 Å². The molecule has 0 aromatic heterocycles. The number of amides is 2. The van der Waals surface area contributed by atoms with E-state index < -0.39 is 9.84 Å². The van der Waals surface area contributed by atoms with Crippen LogP contribution in [0.25, 0.3) is 0 Å². The summed E-state index contributed by atoms with van der Waals surface area (Å²) < 4.78 is 28.4. The molecular weight excluding hydrogens is 304 g/mol. The Kier molecular flexibility index (Phi) is 7.62. The third-order valence-corrected chi connectivity index (χ3v) is 5.36. The summed E-state index contributed by atoms with van der Waals surface area (Å²) in [5.41, 5.74) is 0. The fourth-order valence-electron chi connectivity index (χ4n) is 2.77. The number of hydrogen-bond donors (Lipinski definition) is 1. The number of urea groups is 1. The average molecular weight is 334 g/mol. The molecule has 1 aliphatic rings. The first-order valence-corrected chi connectivity index (χ1v) is 10.1. The molecule has 0 aromatic carbocycles. The van der Waals surface area contributed by atoms with E-state index in [4.69, 9.17) is 4.74 Å². The Labute approximate surface area is 134 Å². The number of nitrogens with zero attached hydrogens (tertiary/aromatic N) is 1. The number of sulfone groups is 1. The SMILES string of the molecule is C[C@@H]1CCCC[C@H]1OCCNC(=O)N(C)[C@H](C)CS(C)(=O)=O. The largest absolute Gasteiger partial charge is 0.376 e. The summed E-state index contributed by atoms with van der Waals surface area (Å²) in [5.74, 6) is 0.550. The summed E-state index contributed by atoms with van der Waals surface area (Å²) in [4.78, 5) is 13.4. The monoisotopic (exact) mass is 334 g/mol. The van der Waals surface area contributed by atoms with Gasteiger partial charge >= 0.3 is 6.03 Å². The standard InChI is InChI=1S/C15H30N2O4S/c1-12-7-5-6-8-14(12)21-10-9-16-15(18)17(3)13(2)11-22(4,19)20/h12-14H,5-11H2,1-4H3,(H,16,18)/t12-,13-,14-/m1/s1. The summed E-state index contributed by atoms with van der Waals surface area (Å²) in [7, 11) is -1.49. The second-order valence-corrected chi connectivity index (χ2v) is 8.64. The molecular formula is C15H30N2O4S. The van der Waals surface area contributed by atoms with E-state index in [1.807, 2.05) is 0 Å². The second-order valence-electron chi connectivity index (χ2n) is 6.46. The van der Waals surface area contributed by atoms with Gasteiger partial charge in [0.15, 0.2) is 0 Å². The van der Waals surface area contributed by atoms with Gasteiger partial charge < -0.3 is 15.0 Å². The smallest absolute Gasteiger partial charge is 0.317 e. The first-order valence-electron chi connectivity index (χ1n) is 8.00. The zero-order chi connectivity index (χ0) is 16.8. The van der Waals surface area contributed by atoms with Gasteiger partial charge in [-0.2, -0.15) is 0 Å². The van der Waals surface area contributed by atoms with Gasteiger partial charge in [-0.1, -0.05) is 19.8 Å². The van der Waals surface area contributed by atoms with Gasteiger partial charge in [-0.05, 0) is 25.7 Å². The molecule has 1 saturated carbocycles. The lowest BCUT2D eigenvalue weighted by atomic mass is 9.88. The second kappa shape index (κ2) is 8.72. The van der Waals surface area contributed by atoms with E-state index in [-0.39, 0.29) is 17.8 Å². The molecule has 2 amide bonds. The minimum Gasteiger partial charge on any atom is -0.376 e. The van der Waals surface area contributed by atoms with Crippen LogP contribution in [0.15, 0.2) is 0 Å². The van der Waals surface area contributed by atoms with Gasteiger partial charge in [-0.25, -0.2) is 13.2 Å². The molecule has 0 unspecified atom stereocenters. The summed E-state index contributed by atoms with van der Waals surface area (Å²) in [5, 5.41) is 2.77. The fourth-order valence-corrected chi connectivity index (χ4v) is 3.87. The normalized spacial score (nSPS) is 23.8. The molecule has 0 heterocycles. The molecule has 0 radical (unpaired) electrons. The van der Waals surface area contributed by atoms with Crippen molar-refractivity contribution >= 4 is 15.9 Å². The van der Waals surface area contributed by atoms with Crippen molar-refractivity contribution in [3.8, 4) is 0 Å². The maximum Gasteiger partial charge on any atom is 0.317 e. The number of nitrogens with one attached hydrogen (secondary N) is 1. The van der Waals surface area contributed by atoms with Gasteiger partial charge in [0.1, 0.15) is 9.84 Å². The highest BCUT2D eigenvalue weighted by Crippen LogP contribution is 2.25. The zero-order valence-corrected chi connectivity index (χ0v) is 15.0. The van der Waals surface area contributed by atoms with E-state index in [0.717, 1.165) is 6.42 Å². The van der Waals surface area contributed by atoms with E-state index in [0.29, 0.717) is 25.2 Å². The first-order chi connectivity index (χ1) is 10.2. The van der Waals surface area contributed by atoms with Crippen molar-refractivity contribution in [1.82, 2.24) is 10.2 Å². The van der Waals surface area contributed by atoms with E-state index in [2.05, 4.69) is 12.2 Å². The van der Waals surface area contributed by atoms with Crippen LogP contribution >= 0.6 is 0 Å². The van der Waals surface area contributed by atoms with Crippen molar-refractivity contribution in [3.63, 3.8) is 0 Å². The highest BCUT2D eigenvalue weighted by molar-refractivity contribution is 7.90. The lowest BCUT2D eigenvalue weighted by Gasteiger charge is -2.29. The molecule has 22 heavy (non-hydrogen) atoms. The Balaban J connectivity index is 2.24. The predicted molar refractivity (Wildman–Crippen MR) is 87.7 cm³/mol. The topological polar surface area (TPSA) is 75.7 Å². The third-order valence-electron chi connectivity index (χ3n) is 4.27. The average Bonchev–Trinajstić information content (AvgIpc) is 2.42. The minimum atomic E-state index is -3.09. The number of carbonyl (C=O) groups excluding carboxylic acids is 1. The molecule has 1 rings (SSSR count). The van der Waals surface area contributed by atoms with Gasteiger partial charge in [0, 0.05) is 25.9 Å². The van der Waals surface area contributed by atoms with Crippen LogP contribution in [0.5, 0.6) is 0 Å². The first kappa shape index (κ1) is 19.2. The van der Waals surface area contributed by atoms with Crippen LogP contribution in [0.1, 0.15) is 39.5 Å². The van der Waals surface area contributed by atoms with Crippen LogP contribution in [-0.2, 0) is 14.6 Å². The van der Waals surface area contributed by atoms with E-state index >= 15 is 0 Å². The lowest BCUT2D eigenvalue weighted by molar-refractivity contribution is -0.00271. The molecule has 0 saturated heterocycles. The molecule has 0 aromatic rings. The number of ether oxygens (including phenoxy) is 1. The van der Waals surface area contributed by atoms with Crippen molar-refractivity contribution < 1.29 is 17.9 Å². The maximum atomic E-state index is 12.0. The van der Waals surface area contributed by atoms with Crippen molar-refractivity contribution in [3.05, 3.63) is 0 Å². The summed E-state index contributed by atoms with van der Waals surface area (Å²) in [6, 6.07) is -0.620. The van der Waals surface area contributed by atoms with E-state index in [1.165, 1.54) is 30.4 Å². The van der Waals surface area contributed by atoms with Crippen LogP contribution in [-0.4, -0.2) is 63.7 Å². The van der Waals surface area contributed by atoms with Gasteiger partial charge in [0.05, 0.1) is 18.5 Å². The fraction of sp³-hybridized carbons (Fsp3) is 0.933. The Morgan fingerprint density at radius 3 is 2.59 bits per heavy atom. The van der Waals surface area contributed by atoms with Crippen molar-refractivity contribution in [2.24, 2.45) is 5.92 Å². The van der Waals surface area contributed by atoms with Crippen LogP contribution < -0.4 is 5.32 Å². The van der Waals surface area contributed by atoms with Crippen LogP contribution in [0.3, 0.4) is 0 Å². The summed E-state index contributed by atoms with van der Waals surface area (Å²) in [6.45, 7) is 4.87. The Morgan fingerprint density at radius 1 is 1.36 bits per heavy atom. The molecule has 130 valence electrons. The Hall–Kier alpha value is -0.820. The van der Waals surface area contributed by atoms with E-state index in [9.17, 15) is 13.2 Å². The highest BCUT2D eigenvalue weighted by Gasteiger charge is 2.22. The number of hydrogen-bond acceptors (Lipinski definition) is 4. The summed E-state index contributed by atoms with van der Waals surface area (Å²) >= 11 is 0. The van der Waals surface area contributed by atoms with Gasteiger partial charge in [-0.3, -0.25) is 0 Å². The molecule has 6 nitrogen and oxygen atoms in total. The predicted octanol–water partition coefficient (Wildman–Crippen LogP) is 1.66. The zero-order valence-electron chi connectivity index (χ0n) is 14.2. The van der Waals surface area contributed by atoms with Gasteiger partial charge in [0.2, 0.25) is 0 Å². The maximum absolute atomic E-state index is 12.0. The van der Waals surface area contributed by atoms with Crippen molar-refractivity contribution in [2.45, 2.75) is 51.7 Å². The number of carbonyl (C=O) groups is 1. The highest BCUT2D eigenvalue weighted by atomic mass is 32.2. The van der Waals surface area contributed by atoms with Gasteiger partial charge in [0.25, 0.3) is 0 Å². The molecule has 1 N–H and O–H groups in total. The Bertz CT molecular complexity index is 452. The lowest BCUT2D eigenvalue weighted by Crippen LogP contribution is -2.46. The molecule has 0 spiro atoms. The van der Waals surface area contributed by atoms with Crippen LogP contribution in [0.4, 0.5) is 4.79 Å². The summed E-state index contributed by atoms with van der Waals surface area (Å²) in [6.07, 6.45) is 6.28. The molecule has 0 bridgehead atoms. The van der Waals surface area contributed by atoms with Crippen LogP contribution in [0, 0.1) is 5.92 Å². The van der Waals surface area contributed by atoms with Crippen molar-refractivity contribution in [2.75, 3.05) is 32.2 Å². The van der Waals surface area contributed by atoms with Gasteiger partial charge in [-0.15, -0.1) is 0 Å². The third kappa shape index (κ3) is 6.96. The molecule has 0 aliphatic heterocycles. The minimum absolute atomic E-state index is 0.0347.